The van der Waals surface area contributed by atoms with Crippen LogP contribution in [0.15, 0.2) is 132 Å². The van der Waals surface area contributed by atoms with Crippen molar-refractivity contribution in [1.29, 1.82) is 0 Å². The molecule has 4 aromatic carbocycles. The fraction of sp³-hybridized carbons (Fsp3) is 0.200. The molecule has 8 rings (SSSR count). The van der Waals surface area contributed by atoms with Crippen molar-refractivity contribution in [3.8, 4) is 0 Å². The van der Waals surface area contributed by atoms with E-state index in [1.807, 2.05) is 54.7 Å². The molecule has 13 heteroatoms. The molecule has 2 aliphatic heterocycles. The van der Waals surface area contributed by atoms with Gasteiger partial charge in [0.05, 0.1) is 28.0 Å². The molecular formula is C40H32Br2F2I5N4-. The second kappa shape index (κ2) is 18.4. The third-order valence-corrected chi connectivity index (χ3v) is 11.9. The van der Waals surface area contributed by atoms with Crippen LogP contribution in [0.3, 0.4) is 0 Å². The van der Waals surface area contributed by atoms with Gasteiger partial charge in [0.25, 0.3) is 5.92 Å². The standard InChI is InChI=1S/C20H16Br2N2.C20H16F2N2.I3.I2/c2*1-19(2)20(21,22)16-9-5-4-8-15(16)18(24-19)14-11-13-7-3-6-10-17(13)23-12-14;1-3-2;1-2/h2*3-12H,1-2H3;;/q;;-1;. The summed E-state index contributed by atoms with van der Waals surface area (Å²) in [5.41, 5.74) is 6.18. The number of halogens is 9. The van der Waals surface area contributed by atoms with Gasteiger partial charge in [0.1, 0.15) is 8.77 Å². The van der Waals surface area contributed by atoms with Crippen molar-refractivity contribution >= 4 is 140 Å². The fourth-order valence-electron chi connectivity index (χ4n) is 6.25. The third kappa shape index (κ3) is 9.14. The average molecular weight is 1400 g/mol. The van der Waals surface area contributed by atoms with Crippen LogP contribution in [0.5, 0.6) is 0 Å². The van der Waals surface area contributed by atoms with E-state index in [2.05, 4.69) is 172 Å². The summed E-state index contributed by atoms with van der Waals surface area (Å²) in [6, 6.07) is 35.0. The molecule has 0 amide bonds. The van der Waals surface area contributed by atoms with E-state index in [1.54, 1.807) is 24.4 Å². The number of rotatable bonds is 2. The molecule has 0 radical (unpaired) electrons. The van der Waals surface area contributed by atoms with Gasteiger partial charge >= 0.3 is 50.5 Å². The number of fused-ring (bicyclic) bond motifs is 4. The van der Waals surface area contributed by atoms with E-state index in [9.17, 15) is 8.78 Å². The van der Waals surface area contributed by atoms with Crippen molar-refractivity contribution in [2.75, 3.05) is 0 Å². The summed E-state index contributed by atoms with van der Waals surface area (Å²) >= 11 is 17.2. The van der Waals surface area contributed by atoms with Gasteiger partial charge in [-0.15, -0.1) is 0 Å². The normalized spacial score (nSPS) is 16.9. The Morgan fingerprint density at radius 3 is 1.43 bits per heavy atom. The van der Waals surface area contributed by atoms with Gasteiger partial charge in [0.15, 0.2) is 0 Å². The van der Waals surface area contributed by atoms with Crippen molar-refractivity contribution < 1.29 is 22.0 Å². The molecular weight excluding hydrogens is 1370 g/mol. The van der Waals surface area contributed by atoms with Crippen LogP contribution < -0.4 is 13.3 Å². The van der Waals surface area contributed by atoms with Crippen molar-refractivity contribution in [2.24, 2.45) is 9.98 Å². The van der Waals surface area contributed by atoms with Crippen LogP contribution in [-0.2, 0) is 9.16 Å². The first-order valence-corrected chi connectivity index (χ1v) is 36.5. The van der Waals surface area contributed by atoms with Crippen LogP contribution in [0.25, 0.3) is 21.8 Å². The number of nitrogens with zero attached hydrogens (tertiary/aromatic N) is 4. The van der Waals surface area contributed by atoms with Crippen molar-refractivity contribution in [1.82, 2.24) is 9.97 Å². The van der Waals surface area contributed by atoms with E-state index in [0.717, 1.165) is 44.2 Å². The van der Waals surface area contributed by atoms with E-state index < -0.39 is 14.7 Å². The second-order valence-corrected chi connectivity index (χ2v) is 32.9. The zero-order valence-electron chi connectivity index (χ0n) is 28.7. The Kier molecular flexibility index (Phi) is 15.1. The predicted molar refractivity (Wildman–Crippen MR) is 255 cm³/mol. The van der Waals surface area contributed by atoms with Gasteiger partial charge < -0.3 is 0 Å². The van der Waals surface area contributed by atoms with Gasteiger partial charge in [-0.1, -0.05) is 117 Å². The summed E-state index contributed by atoms with van der Waals surface area (Å²) in [7, 11) is 0. The van der Waals surface area contributed by atoms with E-state index in [1.165, 1.54) is 25.5 Å². The first kappa shape index (κ1) is 43.6. The fourth-order valence-corrected chi connectivity index (χ4v) is 7.12. The molecule has 4 nitrogen and oxygen atoms in total. The molecule has 0 fully saturated rings. The van der Waals surface area contributed by atoms with Crippen LogP contribution in [0.2, 0.25) is 0 Å². The van der Waals surface area contributed by atoms with E-state index in [0.29, 0.717) is 24.5 Å². The SMILES string of the molecule is CC1(C)N=C(c2cnc3ccccc3c2)c2ccccc2C1(Br)Br.CC1(C)N=C(c2cnc3ccccc3c2)c2ccccc2C1(F)F.II.I[I-]I. The predicted octanol–water partition coefficient (Wildman–Crippen LogP) is 11.3. The quantitative estimate of drug-likeness (QED) is 0.128. The maximum absolute atomic E-state index is 14.8. The zero-order valence-corrected chi connectivity index (χ0v) is 42.7. The van der Waals surface area contributed by atoms with Crippen LogP contribution in [-0.4, -0.2) is 32.5 Å². The number of hydrogen-bond donors (Lipinski definition) is 0. The second-order valence-electron chi connectivity index (χ2n) is 13.2. The van der Waals surface area contributed by atoms with E-state index >= 15 is 0 Å². The number of aliphatic imine (C=N–C) groups is 2. The summed E-state index contributed by atoms with van der Waals surface area (Å²) in [5.74, 6) is -3.02. The van der Waals surface area contributed by atoms with Crippen molar-refractivity contribution in [2.45, 2.75) is 47.9 Å². The Labute approximate surface area is 378 Å². The molecule has 2 aliphatic rings. The molecule has 6 aromatic rings. The molecule has 2 aromatic heterocycles. The van der Waals surface area contributed by atoms with Gasteiger partial charge in [-0.3, -0.25) is 20.0 Å². The van der Waals surface area contributed by atoms with Crippen LogP contribution in [0.1, 0.15) is 61.1 Å². The summed E-state index contributed by atoms with van der Waals surface area (Å²) in [4.78, 5) is 18.5. The summed E-state index contributed by atoms with van der Waals surface area (Å²) in [5, 5.41) is 2.09. The van der Waals surface area contributed by atoms with E-state index in [4.69, 9.17) is 4.99 Å². The first-order chi connectivity index (χ1) is 25.2. The number of pyridine rings is 2. The number of alkyl halides is 4. The number of benzene rings is 4. The van der Waals surface area contributed by atoms with Crippen molar-refractivity contribution in [3.05, 3.63) is 155 Å². The van der Waals surface area contributed by atoms with Crippen LogP contribution in [0.4, 0.5) is 8.78 Å². The molecule has 4 heterocycles. The Morgan fingerprint density at radius 2 is 0.943 bits per heavy atom. The van der Waals surface area contributed by atoms with Gasteiger partial charge in [0, 0.05) is 88.2 Å². The van der Waals surface area contributed by atoms with Gasteiger partial charge in [0.2, 0.25) is 0 Å². The van der Waals surface area contributed by atoms with Crippen LogP contribution in [0, 0.1) is 0 Å². The summed E-state index contributed by atoms with van der Waals surface area (Å²) < 4.78 is 29.2. The molecule has 0 saturated carbocycles. The number of aromatic nitrogens is 2. The Balaban J connectivity index is 0.000000183. The average Bonchev–Trinajstić information content (AvgIpc) is 3.16. The molecule has 276 valence electrons. The van der Waals surface area contributed by atoms with Crippen LogP contribution >= 0.6 is 106 Å². The molecule has 0 atom stereocenters. The topological polar surface area (TPSA) is 50.5 Å². The summed E-state index contributed by atoms with van der Waals surface area (Å²) in [6.45, 7) is 7.19. The third-order valence-electron chi connectivity index (χ3n) is 9.09. The Bertz CT molecular complexity index is 2150. The minimum atomic E-state index is -3.02. The summed E-state index contributed by atoms with van der Waals surface area (Å²) in [6.07, 6.45) is 3.63. The molecule has 0 saturated heterocycles. The zero-order chi connectivity index (χ0) is 38.6. The van der Waals surface area contributed by atoms with Gasteiger partial charge in [-0.25, -0.2) is 0 Å². The minimum absolute atomic E-state index is 0.0214. The molecule has 0 aliphatic carbocycles. The molecule has 53 heavy (non-hydrogen) atoms. The molecule has 0 unspecified atom stereocenters. The number of hydrogen-bond acceptors (Lipinski definition) is 4. The molecule has 0 spiro atoms. The molecule has 0 bridgehead atoms. The van der Waals surface area contributed by atoms with Gasteiger partial charge in [-0.2, -0.15) is 8.78 Å². The maximum atomic E-state index is 14.8. The van der Waals surface area contributed by atoms with Gasteiger partial charge in [-0.05, 0) is 57.5 Å². The Morgan fingerprint density at radius 1 is 0.566 bits per heavy atom. The van der Waals surface area contributed by atoms with Crippen molar-refractivity contribution in [3.63, 3.8) is 0 Å². The first-order valence-electron chi connectivity index (χ1n) is 16.1. The molecule has 0 N–H and O–H groups in total. The number of para-hydroxylation sites is 2. The Hall–Kier alpha value is -0.490. The monoisotopic (exact) mass is 1400 g/mol. The van der Waals surface area contributed by atoms with E-state index in [-0.39, 0.29) is 11.1 Å².